The van der Waals surface area contributed by atoms with Gasteiger partial charge in [0, 0.05) is 20.5 Å². The number of aliphatic hydroxyl groups is 1. The molecule has 2 aromatic heterocycles. The van der Waals surface area contributed by atoms with Crippen molar-refractivity contribution in [1.29, 1.82) is 0 Å². The molecule has 2 heterocycles. The van der Waals surface area contributed by atoms with Crippen molar-refractivity contribution in [2.24, 2.45) is 0 Å². The smallest absolute Gasteiger partial charge is 0.226 e. The quantitative estimate of drug-likeness (QED) is 0.517. The van der Waals surface area contributed by atoms with E-state index < -0.39 is 6.10 Å². The molecule has 8 nitrogen and oxygen atoms in total. The number of halogens is 1. The average molecular weight is 372 g/mol. The van der Waals surface area contributed by atoms with Gasteiger partial charge in [0.1, 0.15) is 11.0 Å². The SMILES string of the molecule is CNc1nc(NC2c3ccccc3C[C@@H]2O)nc2c(NC)nc(Cl)nc12. The van der Waals surface area contributed by atoms with Crippen LogP contribution in [-0.2, 0) is 6.42 Å². The van der Waals surface area contributed by atoms with Crippen molar-refractivity contribution < 1.29 is 5.11 Å². The third-order valence-electron chi connectivity index (χ3n) is 4.48. The van der Waals surface area contributed by atoms with Gasteiger partial charge in [0.25, 0.3) is 0 Å². The number of hydrogen-bond acceptors (Lipinski definition) is 8. The number of anilines is 3. The zero-order valence-corrected chi connectivity index (χ0v) is 15.0. The van der Waals surface area contributed by atoms with Gasteiger partial charge in [-0.2, -0.15) is 9.97 Å². The zero-order chi connectivity index (χ0) is 18.3. The van der Waals surface area contributed by atoms with Crippen LogP contribution in [0.25, 0.3) is 11.0 Å². The molecule has 134 valence electrons. The second kappa shape index (κ2) is 6.54. The fourth-order valence-electron chi connectivity index (χ4n) is 3.29. The molecule has 1 aromatic carbocycles. The fraction of sp³-hybridized carbons (Fsp3) is 0.294. The molecular weight excluding hydrogens is 354 g/mol. The lowest BCUT2D eigenvalue weighted by Gasteiger charge is -2.19. The molecule has 0 saturated heterocycles. The van der Waals surface area contributed by atoms with E-state index in [0.29, 0.717) is 35.0 Å². The van der Waals surface area contributed by atoms with Crippen LogP contribution < -0.4 is 16.0 Å². The summed E-state index contributed by atoms with van der Waals surface area (Å²) < 4.78 is 0. The van der Waals surface area contributed by atoms with Crippen molar-refractivity contribution in [1.82, 2.24) is 19.9 Å². The predicted octanol–water partition coefficient (Wildman–Crippen LogP) is 2.23. The molecule has 0 aliphatic heterocycles. The summed E-state index contributed by atoms with van der Waals surface area (Å²) in [5.41, 5.74) is 3.24. The topological polar surface area (TPSA) is 108 Å². The van der Waals surface area contributed by atoms with Crippen LogP contribution in [0, 0.1) is 0 Å². The number of nitrogens with zero attached hydrogens (tertiary/aromatic N) is 4. The minimum atomic E-state index is -0.546. The molecule has 1 unspecified atom stereocenters. The summed E-state index contributed by atoms with van der Waals surface area (Å²) in [4.78, 5) is 17.4. The summed E-state index contributed by atoms with van der Waals surface area (Å²) in [5, 5.41) is 19.8. The molecule has 0 fully saturated rings. The first-order valence-electron chi connectivity index (χ1n) is 8.24. The predicted molar refractivity (Wildman–Crippen MR) is 102 cm³/mol. The third kappa shape index (κ3) is 2.77. The largest absolute Gasteiger partial charge is 0.390 e. The van der Waals surface area contributed by atoms with E-state index in [2.05, 4.69) is 35.9 Å². The molecule has 3 aromatic rings. The third-order valence-corrected chi connectivity index (χ3v) is 4.65. The van der Waals surface area contributed by atoms with Crippen LogP contribution in [-0.4, -0.2) is 45.2 Å². The summed E-state index contributed by atoms with van der Waals surface area (Å²) in [6, 6.07) is 7.68. The highest BCUT2D eigenvalue weighted by molar-refractivity contribution is 6.29. The Bertz CT molecular complexity index is 981. The minimum Gasteiger partial charge on any atom is -0.390 e. The van der Waals surface area contributed by atoms with E-state index in [-0.39, 0.29) is 11.3 Å². The van der Waals surface area contributed by atoms with Crippen molar-refractivity contribution in [3.05, 3.63) is 40.7 Å². The van der Waals surface area contributed by atoms with E-state index >= 15 is 0 Å². The zero-order valence-electron chi connectivity index (χ0n) is 14.3. The number of benzene rings is 1. The molecule has 26 heavy (non-hydrogen) atoms. The van der Waals surface area contributed by atoms with Gasteiger partial charge in [0.2, 0.25) is 11.2 Å². The van der Waals surface area contributed by atoms with Crippen molar-refractivity contribution in [2.75, 3.05) is 30.0 Å². The van der Waals surface area contributed by atoms with Gasteiger partial charge in [-0.05, 0) is 22.7 Å². The van der Waals surface area contributed by atoms with Crippen molar-refractivity contribution in [3.8, 4) is 0 Å². The molecule has 0 radical (unpaired) electrons. The molecule has 0 spiro atoms. The van der Waals surface area contributed by atoms with Gasteiger partial charge < -0.3 is 21.1 Å². The van der Waals surface area contributed by atoms with Gasteiger partial charge in [0.15, 0.2) is 11.6 Å². The molecule has 9 heteroatoms. The van der Waals surface area contributed by atoms with Crippen LogP contribution in [0.2, 0.25) is 5.28 Å². The number of rotatable bonds is 4. The Kier molecular flexibility index (Phi) is 4.21. The Morgan fingerprint density at radius 1 is 1.00 bits per heavy atom. The first kappa shape index (κ1) is 16.7. The Balaban J connectivity index is 1.79. The maximum Gasteiger partial charge on any atom is 0.226 e. The minimum absolute atomic E-state index is 0.114. The Labute approximate surface area is 155 Å². The van der Waals surface area contributed by atoms with Crippen LogP contribution in [0.1, 0.15) is 17.2 Å². The molecule has 0 saturated carbocycles. The molecule has 2 atom stereocenters. The first-order chi connectivity index (χ1) is 12.6. The normalized spacial score (nSPS) is 18.6. The fourth-order valence-corrected chi connectivity index (χ4v) is 3.46. The summed E-state index contributed by atoms with van der Waals surface area (Å²) in [5.74, 6) is 1.42. The number of hydrogen-bond donors (Lipinski definition) is 4. The van der Waals surface area contributed by atoms with E-state index in [1.807, 2.05) is 24.3 Å². The molecule has 1 aliphatic carbocycles. The summed E-state index contributed by atoms with van der Waals surface area (Å²) >= 11 is 5.99. The van der Waals surface area contributed by atoms with Gasteiger partial charge in [0.05, 0.1) is 12.1 Å². The summed E-state index contributed by atoms with van der Waals surface area (Å²) in [6.45, 7) is 0. The molecule has 4 N–H and O–H groups in total. The van der Waals surface area contributed by atoms with Crippen LogP contribution in [0.4, 0.5) is 17.6 Å². The highest BCUT2D eigenvalue weighted by Gasteiger charge is 2.31. The highest BCUT2D eigenvalue weighted by Crippen LogP contribution is 2.34. The Morgan fingerprint density at radius 3 is 2.46 bits per heavy atom. The van der Waals surface area contributed by atoms with Crippen molar-refractivity contribution in [3.63, 3.8) is 0 Å². The number of nitrogens with one attached hydrogen (secondary N) is 3. The molecular formula is C17H18ClN7O. The van der Waals surface area contributed by atoms with Crippen LogP contribution in [0.3, 0.4) is 0 Å². The van der Waals surface area contributed by atoms with Gasteiger partial charge >= 0.3 is 0 Å². The second-order valence-electron chi connectivity index (χ2n) is 6.03. The number of aromatic nitrogens is 4. The standard InChI is InChI=1S/C17H18ClN7O/c1-19-14-13-12(21-16(18)24-14)15(20-2)25-17(23-13)22-11-9-6-4-3-5-8(9)7-10(11)26/h3-6,10-11,26H,7H2,1-2H3,(H,19,21,24)(H2,20,22,23,25)/t10-,11?/m0/s1. The van der Waals surface area contributed by atoms with Gasteiger partial charge in [-0.1, -0.05) is 24.3 Å². The average Bonchev–Trinajstić information content (AvgIpc) is 2.96. The van der Waals surface area contributed by atoms with Gasteiger partial charge in [-0.15, -0.1) is 0 Å². The number of aliphatic hydroxyl groups excluding tert-OH is 1. The lowest BCUT2D eigenvalue weighted by atomic mass is 10.1. The van der Waals surface area contributed by atoms with Gasteiger partial charge in [-0.25, -0.2) is 9.97 Å². The van der Waals surface area contributed by atoms with Crippen molar-refractivity contribution in [2.45, 2.75) is 18.6 Å². The number of fused-ring (bicyclic) bond motifs is 2. The molecule has 4 rings (SSSR count). The Hall–Kier alpha value is -2.71. The van der Waals surface area contributed by atoms with E-state index in [0.717, 1.165) is 11.1 Å². The second-order valence-corrected chi connectivity index (χ2v) is 6.36. The highest BCUT2D eigenvalue weighted by atomic mass is 35.5. The summed E-state index contributed by atoms with van der Waals surface area (Å²) in [7, 11) is 3.49. The first-order valence-corrected chi connectivity index (χ1v) is 8.61. The maximum atomic E-state index is 10.5. The molecule has 0 bridgehead atoms. The van der Waals surface area contributed by atoms with Crippen LogP contribution >= 0.6 is 11.6 Å². The lowest BCUT2D eigenvalue weighted by Crippen LogP contribution is -2.22. The Morgan fingerprint density at radius 2 is 1.69 bits per heavy atom. The van der Waals surface area contributed by atoms with E-state index in [9.17, 15) is 5.11 Å². The van der Waals surface area contributed by atoms with Crippen molar-refractivity contribution >= 4 is 40.2 Å². The lowest BCUT2D eigenvalue weighted by molar-refractivity contribution is 0.165. The van der Waals surface area contributed by atoms with E-state index in [4.69, 9.17) is 11.6 Å². The molecule has 0 amide bonds. The van der Waals surface area contributed by atoms with Gasteiger partial charge in [-0.3, -0.25) is 0 Å². The maximum absolute atomic E-state index is 10.5. The van der Waals surface area contributed by atoms with E-state index in [1.54, 1.807) is 14.1 Å². The van der Waals surface area contributed by atoms with E-state index in [1.165, 1.54) is 0 Å². The van der Waals surface area contributed by atoms with Crippen LogP contribution in [0.15, 0.2) is 24.3 Å². The molecule has 1 aliphatic rings. The monoisotopic (exact) mass is 371 g/mol. The van der Waals surface area contributed by atoms with Crippen LogP contribution in [0.5, 0.6) is 0 Å². The summed E-state index contributed by atoms with van der Waals surface area (Å²) in [6.07, 6.45) is 0.0517.